The number of carboxylic acid groups (broad SMARTS) is 1. The lowest BCUT2D eigenvalue weighted by atomic mass is 9.89. The summed E-state index contributed by atoms with van der Waals surface area (Å²) >= 11 is 0. The number of aliphatic carboxylic acids is 1. The zero-order valence-corrected chi connectivity index (χ0v) is 18.2. The van der Waals surface area contributed by atoms with Crippen molar-refractivity contribution in [3.63, 3.8) is 0 Å². The first-order valence-electron chi connectivity index (χ1n) is 10.0. The van der Waals surface area contributed by atoms with Crippen molar-refractivity contribution in [1.82, 2.24) is 4.98 Å². The van der Waals surface area contributed by atoms with Crippen LogP contribution in [0.5, 0.6) is 17.5 Å². The third-order valence-corrected chi connectivity index (χ3v) is 4.69. The Morgan fingerprint density at radius 2 is 1.73 bits per heavy atom. The first-order chi connectivity index (χ1) is 15.5. The van der Waals surface area contributed by atoms with Crippen LogP contribution < -0.4 is 15.2 Å². The molecule has 0 aliphatic carbocycles. The Labute approximate surface area is 188 Å². The highest BCUT2D eigenvalue weighted by Crippen LogP contribution is 2.33. The van der Waals surface area contributed by atoms with Gasteiger partial charge in [0, 0.05) is 24.1 Å². The maximum Gasteiger partial charge on any atom is 0.345 e. The van der Waals surface area contributed by atoms with E-state index in [-0.39, 0.29) is 5.75 Å². The number of hydrogen-bond acceptors (Lipinski definition) is 5. The van der Waals surface area contributed by atoms with Crippen molar-refractivity contribution in [3.05, 3.63) is 71.5 Å². The van der Waals surface area contributed by atoms with Gasteiger partial charge in [-0.3, -0.25) is 0 Å². The summed E-state index contributed by atoms with van der Waals surface area (Å²) in [6.07, 6.45) is -1.46. The molecule has 3 aromatic rings. The van der Waals surface area contributed by atoms with E-state index >= 15 is 0 Å². The SMILES string of the molecule is CC(C)(C)C(Oc1nc(Oc2cc(F)cc(-c3cccc(CN)c3)c2)c(F)cc1F)C(=O)O. The summed E-state index contributed by atoms with van der Waals surface area (Å²) in [5.74, 6) is -5.91. The van der Waals surface area contributed by atoms with Crippen LogP contribution in [0.15, 0.2) is 48.5 Å². The number of ether oxygens (including phenoxy) is 2. The van der Waals surface area contributed by atoms with Crippen LogP contribution in [0.25, 0.3) is 11.1 Å². The van der Waals surface area contributed by atoms with E-state index in [1.165, 1.54) is 12.1 Å². The van der Waals surface area contributed by atoms with E-state index in [1.807, 2.05) is 6.07 Å². The second-order valence-corrected chi connectivity index (χ2v) is 8.45. The van der Waals surface area contributed by atoms with Crippen LogP contribution >= 0.6 is 0 Å². The fourth-order valence-electron chi connectivity index (χ4n) is 3.08. The van der Waals surface area contributed by atoms with Crippen molar-refractivity contribution in [2.24, 2.45) is 11.1 Å². The molecule has 3 rings (SSSR count). The van der Waals surface area contributed by atoms with Gasteiger partial charge < -0.3 is 20.3 Å². The Morgan fingerprint density at radius 1 is 1.03 bits per heavy atom. The predicted molar refractivity (Wildman–Crippen MR) is 115 cm³/mol. The average molecular weight is 460 g/mol. The van der Waals surface area contributed by atoms with Gasteiger partial charge in [0.15, 0.2) is 11.6 Å². The predicted octanol–water partition coefficient (Wildman–Crippen LogP) is 5.30. The topological polar surface area (TPSA) is 94.7 Å². The van der Waals surface area contributed by atoms with Crippen molar-refractivity contribution in [2.75, 3.05) is 0 Å². The highest BCUT2D eigenvalue weighted by Gasteiger charge is 2.35. The maximum atomic E-state index is 14.4. The molecule has 9 heteroatoms. The van der Waals surface area contributed by atoms with Crippen molar-refractivity contribution in [3.8, 4) is 28.6 Å². The Hall–Kier alpha value is -3.59. The van der Waals surface area contributed by atoms with Crippen molar-refractivity contribution in [1.29, 1.82) is 0 Å². The van der Waals surface area contributed by atoms with Gasteiger partial charge in [0.1, 0.15) is 11.6 Å². The third kappa shape index (κ3) is 5.81. The third-order valence-electron chi connectivity index (χ3n) is 4.69. The number of carbonyl (C=O) groups is 1. The van der Waals surface area contributed by atoms with Crippen molar-refractivity contribution in [2.45, 2.75) is 33.4 Å². The normalized spacial score (nSPS) is 12.3. The molecule has 1 unspecified atom stereocenters. The Morgan fingerprint density at radius 3 is 2.36 bits per heavy atom. The summed E-state index contributed by atoms with van der Waals surface area (Å²) in [4.78, 5) is 15.2. The van der Waals surface area contributed by atoms with E-state index < -0.39 is 46.7 Å². The molecule has 0 fully saturated rings. The van der Waals surface area contributed by atoms with E-state index in [9.17, 15) is 23.1 Å². The Kier molecular flexibility index (Phi) is 6.92. The molecule has 1 atom stereocenters. The fraction of sp³-hybridized carbons (Fsp3) is 0.250. The Bertz CT molecular complexity index is 1180. The number of benzene rings is 2. The molecule has 174 valence electrons. The molecule has 0 spiro atoms. The van der Waals surface area contributed by atoms with Crippen LogP contribution in [-0.2, 0) is 11.3 Å². The van der Waals surface area contributed by atoms with Gasteiger partial charge in [-0.1, -0.05) is 39.0 Å². The molecule has 1 heterocycles. The van der Waals surface area contributed by atoms with E-state index in [0.717, 1.165) is 11.6 Å². The fourth-order valence-corrected chi connectivity index (χ4v) is 3.08. The monoisotopic (exact) mass is 460 g/mol. The minimum atomic E-state index is -1.46. The minimum Gasteiger partial charge on any atom is -0.478 e. The van der Waals surface area contributed by atoms with Gasteiger partial charge in [0.05, 0.1) is 0 Å². The highest BCUT2D eigenvalue weighted by atomic mass is 19.1. The second-order valence-electron chi connectivity index (χ2n) is 8.45. The van der Waals surface area contributed by atoms with Crippen molar-refractivity contribution >= 4 is 5.97 Å². The van der Waals surface area contributed by atoms with Crippen LogP contribution in [0.4, 0.5) is 13.2 Å². The van der Waals surface area contributed by atoms with E-state index in [0.29, 0.717) is 23.7 Å². The lowest BCUT2D eigenvalue weighted by molar-refractivity contribution is -0.150. The molecule has 0 bridgehead atoms. The van der Waals surface area contributed by atoms with Gasteiger partial charge in [0.2, 0.25) is 6.10 Å². The van der Waals surface area contributed by atoms with Crippen LogP contribution in [0.3, 0.4) is 0 Å². The standard InChI is InChI=1S/C24H23F3N2O4/c1-24(2,3)20(23(30)31)33-22-19(27)11-18(26)21(29-22)32-17-9-15(8-16(25)10-17)14-6-4-5-13(7-14)12-28/h4-11,20H,12,28H2,1-3H3,(H,30,31). The molecule has 6 nitrogen and oxygen atoms in total. The van der Waals surface area contributed by atoms with Crippen LogP contribution in [-0.4, -0.2) is 22.2 Å². The number of pyridine rings is 1. The molecular formula is C24H23F3N2O4. The molecule has 2 aromatic carbocycles. The summed E-state index contributed by atoms with van der Waals surface area (Å²) in [6.45, 7) is 5.04. The minimum absolute atomic E-state index is 0.0993. The molecule has 0 radical (unpaired) electrons. The quantitative estimate of drug-likeness (QED) is 0.497. The van der Waals surface area contributed by atoms with Crippen LogP contribution in [0.1, 0.15) is 26.3 Å². The number of rotatable bonds is 7. The van der Waals surface area contributed by atoms with E-state index in [4.69, 9.17) is 15.2 Å². The summed E-state index contributed by atoms with van der Waals surface area (Å²) < 4.78 is 53.5. The van der Waals surface area contributed by atoms with Gasteiger partial charge in [-0.05, 0) is 34.9 Å². The summed E-state index contributed by atoms with van der Waals surface area (Å²) in [7, 11) is 0. The summed E-state index contributed by atoms with van der Waals surface area (Å²) in [5.41, 5.74) is 6.68. The lowest BCUT2D eigenvalue weighted by Crippen LogP contribution is -2.39. The van der Waals surface area contributed by atoms with Crippen molar-refractivity contribution < 1.29 is 32.5 Å². The number of nitrogens with zero attached hydrogens (tertiary/aromatic N) is 1. The molecule has 1 aromatic heterocycles. The summed E-state index contributed by atoms with van der Waals surface area (Å²) in [5, 5.41) is 9.40. The smallest absolute Gasteiger partial charge is 0.345 e. The number of aromatic nitrogens is 1. The zero-order chi connectivity index (χ0) is 24.3. The first-order valence-corrected chi connectivity index (χ1v) is 10.0. The molecule has 3 N–H and O–H groups in total. The molecule has 33 heavy (non-hydrogen) atoms. The van der Waals surface area contributed by atoms with Crippen LogP contribution in [0.2, 0.25) is 0 Å². The van der Waals surface area contributed by atoms with E-state index in [2.05, 4.69) is 4.98 Å². The largest absolute Gasteiger partial charge is 0.478 e. The molecule has 0 aliphatic rings. The van der Waals surface area contributed by atoms with Gasteiger partial charge in [0.25, 0.3) is 11.8 Å². The van der Waals surface area contributed by atoms with Crippen LogP contribution in [0, 0.1) is 22.9 Å². The Balaban J connectivity index is 1.96. The molecule has 0 saturated heterocycles. The number of carboxylic acids is 1. The molecule has 0 aliphatic heterocycles. The maximum absolute atomic E-state index is 14.4. The average Bonchev–Trinajstić information content (AvgIpc) is 2.73. The number of nitrogens with two attached hydrogens (primary N) is 1. The molecule has 0 saturated carbocycles. The lowest BCUT2D eigenvalue weighted by Gasteiger charge is -2.27. The molecular weight excluding hydrogens is 437 g/mol. The van der Waals surface area contributed by atoms with Gasteiger partial charge in [-0.15, -0.1) is 0 Å². The van der Waals surface area contributed by atoms with Gasteiger partial charge in [-0.2, -0.15) is 4.98 Å². The molecule has 0 amide bonds. The van der Waals surface area contributed by atoms with Gasteiger partial charge in [-0.25, -0.2) is 18.0 Å². The van der Waals surface area contributed by atoms with Gasteiger partial charge >= 0.3 is 5.97 Å². The summed E-state index contributed by atoms with van der Waals surface area (Å²) in [6, 6.07) is 11.3. The first kappa shape index (κ1) is 24.1. The second kappa shape index (κ2) is 9.50. The number of halogens is 3. The number of hydrogen-bond donors (Lipinski definition) is 2. The zero-order valence-electron chi connectivity index (χ0n) is 18.2. The van der Waals surface area contributed by atoms with E-state index in [1.54, 1.807) is 39.0 Å². The highest BCUT2D eigenvalue weighted by molar-refractivity contribution is 5.73.